The van der Waals surface area contributed by atoms with Crippen LogP contribution in [0, 0.1) is 11.3 Å². The van der Waals surface area contributed by atoms with Crippen LogP contribution in [0.1, 0.15) is 27.7 Å². The molecule has 1 fully saturated rings. The Labute approximate surface area is 85.1 Å². The number of carbonyl (C=O) groups excluding carboxylic acids is 1. The molecule has 0 saturated carbocycles. The molecule has 2 rings (SSSR count). The summed E-state index contributed by atoms with van der Waals surface area (Å²) in [6, 6.07) is 0. The van der Waals surface area contributed by atoms with Crippen LogP contribution >= 0.6 is 0 Å². The fourth-order valence-corrected chi connectivity index (χ4v) is 2.88. The van der Waals surface area contributed by atoms with Crippen LogP contribution in [0.15, 0.2) is 23.8 Å². The fraction of sp³-hybridized carbons (Fsp3) is 0.583. The highest BCUT2D eigenvalue weighted by molar-refractivity contribution is 5.86. The minimum Gasteiger partial charge on any atom is -0.346 e. The summed E-state index contributed by atoms with van der Waals surface area (Å²) in [6.45, 7) is 12.4. The number of fused-ring (bicyclic) bond motifs is 1. The van der Waals surface area contributed by atoms with E-state index >= 15 is 0 Å². The lowest BCUT2D eigenvalue weighted by atomic mass is 9.66. The van der Waals surface area contributed by atoms with Gasteiger partial charge in [-0.2, -0.15) is 0 Å². The second kappa shape index (κ2) is 2.30. The third-order valence-electron chi connectivity index (χ3n) is 4.52. The molecule has 14 heavy (non-hydrogen) atoms. The highest BCUT2D eigenvalue weighted by atomic mass is 16.2. The van der Waals surface area contributed by atoms with Crippen LogP contribution in [0.5, 0.6) is 0 Å². The first-order valence-corrected chi connectivity index (χ1v) is 5.04. The predicted octanol–water partition coefficient (Wildman–Crippen LogP) is 2.03. The van der Waals surface area contributed by atoms with Crippen molar-refractivity contribution in [3.05, 3.63) is 23.8 Å². The SMILES string of the molecule is C=C1C=C(C)C2(C)[C@@H](C)C(=O)NC12C. The van der Waals surface area contributed by atoms with Gasteiger partial charge in [0.2, 0.25) is 5.91 Å². The Hall–Kier alpha value is -1.05. The monoisotopic (exact) mass is 191 g/mol. The molecule has 0 aromatic rings. The zero-order valence-electron chi connectivity index (χ0n) is 9.27. The zero-order chi connectivity index (χ0) is 10.7. The maximum absolute atomic E-state index is 11.7. The molecule has 2 nitrogen and oxygen atoms in total. The lowest BCUT2D eigenvalue weighted by Crippen LogP contribution is -2.47. The molecular formula is C12H17NO. The van der Waals surface area contributed by atoms with Crippen LogP contribution in [0.25, 0.3) is 0 Å². The van der Waals surface area contributed by atoms with Gasteiger partial charge in [0.15, 0.2) is 0 Å². The summed E-state index contributed by atoms with van der Waals surface area (Å²) in [4.78, 5) is 11.7. The fourth-order valence-electron chi connectivity index (χ4n) is 2.88. The maximum Gasteiger partial charge on any atom is 0.224 e. The van der Waals surface area contributed by atoms with Crippen molar-refractivity contribution in [2.24, 2.45) is 11.3 Å². The Morgan fingerprint density at radius 1 is 1.50 bits per heavy atom. The third-order valence-corrected chi connectivity index (χ3v) is 4.52. The van der Waals surface area contributed by atoms with E-state index in [1.165, 1.54) is 5.57 Å². The van der Waals surface area contributed by atoms with E-state index in [9.17, 15) is 4.79 Å². The van der Waals surface area contributed by atoms with E-state index in [-0.39, 0.29) is 22.8 Å². The van der Waals surface area contributed by atoms with E-state index in [1.54, 1.807) is 0 Å². The van der Waals surface area contributed by atoms with Crippen molar-refractivity contribution in [2.45, 2.75) is 33.2 Å². The summed E-state index contributed by atoms with van der Waals surface area (Å²) < 4.78 is 0. The number of rotatable bonds is 0. The molecule has 0 aromatic carbocycles. The van der Waals surface area contributed by atoms with Crippen molar-refractivity contribution < 1.29 is 4.79 Å². The van der Waals surface area contributed by atoms with Gasteiger partial charge in [-0.05, 0) is 19.4 Å². The lowest BCUT2D eigenvalue weighted by Gasteiger charge is -2.38. The van der Waals surface area contributed by atoms with Crippen LogP contribution in [-0.4, -0.2) is 11.4 Å². The molecule has 2 aliphatic rings. The third kappa shape index (κ3) is 0.715. The van der Waals surface area contributed by atoms with Crippen molar-refractivity contribution in [1.29, 1.82) is 0 Å². The molecule has 0 bridgehead atoms. The highest BCUT2D eigenvalue weighted by Crippen LogP contribution is 2.56. The van der Waals surface area contributed by atoms with Gasteiger partial charge in [0.25, 0.3) is 0 Å². The summed E-state index contributed by atoms with van der Waals surface area (Å²) in [7, 11) is 0. The molecule has 1 N–H and O–H groups in total. The van der Waals surface area contributed by atoms with Crippen molar-refractivity contribution in [3.8, 4) is 0 Å². The molecule has 3 atom stereocenters. The first kappa shape index (κ1) is 9.50. The molecular weight excluding hydrogens is 174 g/mol. The van der Waals surface area contributed by atoms with Crippen LogP contribution in [0.3, 0.4) is 0 Å². The van der Waals surface area contributed by atoms with Crippen LogP contribution in [-0.2, 0) is 4.79 Å². The van der Waals surface area contributed by atoms with Gasteiger partial charge < -0.3 is 5.32 Å². The molecule has 2 heteroatoms. The summed E-state index contributed by atoms with van der Waals surface area (Å²) >= 11 is 0. The molecule has 1 saturated heterocycles. The number of hydrogen-bond acceptors (Lipinski definition) is 1. The van der Waals surface area contributed by atoms with Gasteiger partial charge in [0.05, 0.1) is 5.54 Å². The van der Waals surface area contributed by atoms with Gasteiger partial charge in [-0.1, -0.05) is 32.1 Å². The quantitative estimate of drug-likeness (QED) is 0.623. The van der Waals surface area contributed by atoms with Gasteiger partial charge in [0, 0.05) is 11.3 Å². The highest BCUT2D eigenvalue weighted by Gasteiger charge is 2.61. The minimum atomic E-state index is -0.270. The molecule has 1 heterocycles. The topological polar surface area (TPSA) is 29.1 Å². The predicted molar refractivity (Wildman–Crippen MR) is 56.7 cm³/mol. The minimum absolute atomic E-state index is 0.0306. The smallest absolute Gasteiger partial charge is 0.224 e. The van der Waals surface area contributed by atoms with E-state index in [2.05, 4.69) is 38.7 Å². The Balaban J connectivity index is 2.62. The molecule has 1 aliphatic heterocycles. The van der Waals surface area contributed by atoms with Gasteiger partial charge in [-0.25, -0.2) is 0 Å². The second-order valence-electron chi connectivity index (χ2n) is 4.89. The van der Waals surface area contributed by atoms with Crippen LogP contribution in [0.2, 0.25) is 0 Å². The molecule has 1 amide bonds. The Kier molecular flexibility index (Phi) is 1.56. The number of hydrogen-bond donors (Lipinski definition) is 1. The normalized spacial score (nSPS) is 46.3. The number of amides is 1. The Morgan fingerprint density at radius 2 is 2.07 bits per heavy atom. The van der Waals surface area contributed by atoms with E-state index in [4.69, 9.17) is 0 Å². The molecule has 2 unspecified atom stereocenters. The molecule has 1 aliphatic carbocycles. The average molecular weight is 191 g/mol. The first-order valence-electron chi connectivity index (χ1n) is 5.04. The molecule has 0 radical (unpaired) electrons. The van der Waals surface area contributed by atoms with E-state index < -0.39 is 0 Å². The van der Waals surface area contributed by atoms with Crippen LogP contribution in [0.4, 0.5) is 0 Å². The zero-order valence-corrected chi connectivity index (χ0v) is 9.27. The molecule has 76 valence electrons. The number of carbonyl (C=O) groups is 1. The number of nitrogens with one attached hydrogen (secondary N) is 1. The van der Waals surface area contributed by atoms with Gasteiger partial charge in [-0.15, -0.1) is 0 Å². The summed E-state index contributed by atoms with van der Waals surface area (Å²) in [5.74, 6) is 0.173. The van der Waals surface area contributed by atoms with Crippen LogP contribution < -0.4 is 5.32 Å². The summed E-state index contributed by atoms with van der Waals surface area (Å²) in [6.07, 6.45) is 2.11. The maximum atomic E-state index is 11.7. The van der Waals surface area contributed by atoms with Gasteiger partial charge >= 0.3 is 0 Å². The standard InChI is InChI=1S/C12H17NO/c1-7-6-8(2)12(5)11(7,4)9(3)10(14)13-12/h6,9H,2H2,1,3-5H3,(H,13,14)/t9-,11?,12?/m0/s1. The molecule has 0 aromatic heterocycles. The first-order chi connectivity index (χ1) is 6.34. The van der Waals surface area contributed by atoms with E-state index in [1.807, 2.05) is 6.92 Å². The van der Waals surface area contributed by atoms with Gasteiger partial charge in [0.1, 0.15) is 0 Å². The van der Waals surface area contributed by atoms with Crippen molar-refractivity contribution in [3.63, 3.8) is 0 Å². The Bertz CT molecular complexity index is 369. The Morgan fingerprint density at radius 3 is 2.57 bits per heavy atom. The van der Waals surface area contributed by atoms with Gasteiger partial charge in [-0.3, -0.25) is 4.79 Å². The average Bonchev–Trinajstić information content (AvgIpc) is 2.38. The second-order valence-corrected chi connectivity index (χ2v) is 4.89. The van der Waals surface area contributed by atoms with E-state index in [0.29, 0.717) is 0 Å². The largest absolute Gasteiger partial charge is 0.346 e. The summed E-state index contributed by atoms with van der Waals surface area (Å²) in [5, 5.41) is 3.07. The van der Waals surface area contributed by atoms with E-state index in [0.717, 1.165) is 5.57 Å². The van der Waals surface area contributed by atoms with Crippen molar-refractivity contribution >= 4 is 5.91 Å². The van der Waals surface area contributed by atoms with Crippen molar-refractivity contribution in [2.75, 3.05) is 0 Å². The van der Waals surface area contributed by atoms with Crippen molar-refractivity contribution in [1.82, 2.24) is 5.32 Å². The summed E-state index contributed by atoms with van der Waals surface area (Å²) in [5.41, 5.74) is 1.92. The molecule has 0 spiro atoms. The lowest BCUT2D eigenvalue weighted by molar-refractivity contribution is -0.123.